The summed E-state index contributed by atoms with van der Waals surface area (Å²) in [4.78, 5) is 33.9. The van der Waals surface area contributed by atoms with Gasteiger partial charge in [0.15, 0.2) is 4.84 Å². The fraction of sp³-hybridized carbons (Fsp3) is 0.444. The van der Waals surface area contributed by atoms with Gasteiger partial charge in [0.1, 0.15) is 17.1 Å². The van der Waals surface area contributed by atoms with E-state index < -0.39 is 34.0 Å². The third-order valence-corrected chi connectivity index (χ3v) is 4.14. The van der Waals surface area contributed by atoms with E-state index in [2.05, 4.69) is 5.32 Å². The number of β-lactam (4-membered cyclic amide) rings is 1. The summed E-state index contributed by atoms with van der Waals surface area (Å²) in [6, 6.07) is -0.773. The van der Waals surface area contributed by atoms with Crippen molar-refractivity contribution in [3.05, 3.63) is 11.8 Å². The second-order valence-corrected chi connectivity index (χ2v) is 5.86. The van der Waals surface area contributed by atoms with E-state index in [1.165, 1.54) is 17.8 Å². The van der Waals surface area contributed by atoms with Gasteiger partial charge in [0, 0.05) is 5.75 Å². The molecule has 0 radical (unpaired) electrons. The monoisotopic (exact) mass is 310 g/mol. The van der Waals surface area contributed by atoms with Crippen LogP contribution in [0.2, 0.25) is 0 Å². The quantitative estimate of drug-likeness (QED) is 0.573. The molecule has 98 valence electrons. The second kappa shape index (κ2) is 4.99. The van der Waals surface area contributed by atoms with Crippen molar-refractivity contribution in [3.63, 3.8) is 0 Å². The first-order valence-electron chi connectivity index (χ1n) is 4.90. The summed E-state index contributed by atoms with van der Waals surface area (Å²) in [6.45, 7) is 0. The molecule has 6 nitrogen and oxygen atoms in total. The van der Waals surface area contributed by atoms with Crippen molar-refractivity contribution in [1.82, 2.24) is 10.2 Å². The highest BCUT2D eigenvalue weighted by Gasteiger charge is 2.52. The lowest BCUT2D eigenvalue weighted by atomic mass is 10.1. The first-order chi connectivity index (χ1) is 8.43. The van der Waals surface area contributed by atoms with Crippen molar-refractivity contribution in [1.29, 1.82) is 0 Å². The van der Waals surface area contributed by atoms with E-state index in [-0.39, 0.29) is 5.70 Å². The number of halogens is 2. The van der Waals surface area contributed by atoms with Gasteiger partial charge in [-0.3, -0.25) is 14.5 Å². The Morgan fingerprint density at radius 1 is 1.56 bits per heavy atom. The third-order valence-electron chi connectivity index (χ3n) is 2.56. The topological polar surface area (TPSA) is 86.7 Å². The predicted molar refractivity (Wildman–Crippen MR) is 66.2 cm³/mol. The molecule has 2 heterocycles. The Balaban J connectivity index is 2.09. The maximum absolute atomic E-state index is 11.8. The molecule has 1 fully saturated rings. The Hall–Kier alpha value is -0.920. The highest BCUT2D eigenvalue weighted by molar-refractivity contribution is 8.00. The molecule has 0 aromatic heterocycles. The second-order valence-electron chi connectivity index (χ2n) is 3.61. The van der Waals surface area contributed by atoms with Crippen LogP contribution in [0.5, 0.6) is 0 Å². The number of carbonyl (C=O) groups is 3. The number of nitrogens with one attached hydrogen (secondary N) is 1. The average molecular weight is 311 g/mol. The first-order valence-corrected chi connectivity index (χ1v) is 6.82. The molecule has 0 aliphatic carbocycles. The fourth-order valence-electron chi connectivity index (χ4n) is 1.75. The van der Waals surface area contributed by atoms with Crippen LogP contribution in [0, 0.1) is 0 Å². The summed E-state index contributed by atoms with van der Waals surface area (Å²) in [5.41, 5.74) is -0.0532. The molecule has 2 aliphatic heterocycles. The van der Waals surface area contributed by atoms with Gasteiger partial charge >= 0.3 is 5.97 Å². The lowest BCUT2D eigenvalue weighted by Crippen LogP contribution is -2.70. The lowest BCUT2D eigenvalue weighted by Gasteiger charge is -2.48. The number of carbonyl (C=O) groups excluding carboxylic acids is 2. The summed E-state index contributed by atoms with van der Waals surface area (Å²) >= 11 is 12.1. The summed E-state index contributed by atoms with van der Waals surface area (Å²) in [6.07, 6.45) is 1.46. The number of rotatable bonds is 3. The smallest absolute Gasteiger partial charge is 0.352 e. The molecule has 0 spiro atoms. The van der Waals surface area contributed by atoms with E-state index in [1.807, 2.05) is 0 Å². The van der Waals surface area contributed by atoms with Crippen molar-refractivity contribution < 1.29 is 19.5 Å². The molecule has 0 aromatic rings. The van der Waals surface area contributed by atoms with Crippen molar-refractivity contribution in [2.24, 2.45) is 0 Å². The summed E-state index contributed by atoms with van der Waals surface area (Å²) in [7, 11) is 0. The number of hydrogen-bond acceptors (Lipinski definition) is 4. The molecule has 2 rings (SSSR count). The molecule has 2 aliphatic rings. The van der Waals surface area contributed by atoms with E-state index in [0.29, 0.717) is 5.75 Å². The molecule has 2 amide bonds. The van der Waals surface area contributed by atoms with Gasteiger partial charge in [0.05, 0.1) is 0 Å². The molecule has 0 unspecified atom stereocenters. The van der Waals surface area contributed by atoms with E-state index in [9.17, 15) is 14.4 Å². The standard InChI is InChI=1S/C9H8Cl2N2O4S/c10-5(11)6(14)12-4-7(15)13-3(9(16)17)1-2-18-8(4)13/h1,4-5,8H,2H2,(H,12,14)(H,16,17)/t4-,8+/m1/s1. The fourth-order valence-corrected chi connectivity index (χ4v) is 3.08. The van der Waals surface area contributed by atoms with Crippen LogP contribution in [-0.4, -0.2) is 49.8 Å². The zero-order valence-electron chi connectivity index (χ0n) is 8.80. The maximum Gasteiger partial charge on any atom is 0.352 e. The maximum atomic E-state index is 11.8. The molecule has 1 saturated heterocycles. The molecule has 18 heavy (non-hydrogen) atoms. The average Bonchev–Trinajstić information content (AvgIpc) is 2.33. The van der Waals surface area contributed by atoms with Gasteiger partial charge in [0.25, 0.3) is 11.8 Å². The Kier molecular flexibility index (Phi) is 3.74. The number of amides is 2. The largest absolute Gasteiger partial charge is 0.477 e. The van der Waals surface area contributed by atoms with E-state index in [1.54, 1.807) is 0 Å². The van der Waals surface area contributed by atoms with Crippen LogP contribution >= 0.6 is 35.0 Å². The predicted octanol–water partition coefficient (Wildman–Crippen LogP) is 0.158. The number of fused-ring (bicyclic) bond motifs is 1. The van der Waals surface area contributed by atoms with E-state index >= 15 is 0 Å². The highest BCUT2D eigenvalue weighted by Crippen LogP contribution is 2.37. The van der Waals surface area contributed by atoms with Crippen LogP contribution in [0.4, 0.5) is 0 Å². The summed E-state index contributed by atoms with van der Waals surface area (Å²) in [5.74, 6) is -1.83. The van der Waals surface area contributed by atoms with Gasteiger partial charge in [0.2, 0.25) is 0 Å². The van der Waals surface area contributed by atoms with Crippen LogP contribution < -0.4 is 5.32 Å². The van der Waals surface area contributed by atoms with E-state index in [0.717, 1.165) is 4.90 Å². The van der Waals surface area contributed by atoms with Crippen molar-refractivity contribution >= 4 is 52.7 Å². The van der Waals surface area contributed by atoms with Crippen LogP contribution in [0.3, 0.4) is 0 Å². The van der Waals surface area contributed by atoms with Gasteiger partial charge < -0.3 is 10.4 Å². The molecule has 2 N–H and O–H groups in total. The van der Waals surface area contributed by atoms with Gasteiger partial charge in [-0.05, 0) is 6.08 Å². The first kappa shape index (κ1) is 13.5. The number of hydrogen-bond donors (Lipinski definition) is 2. The van der Waals surface area contributed by atoms with Gasteiger partial charge in [-0.1, -0.05) is 23.2 Å². The molecule has 0 aromatic carbocycles. The number of aliphatic carboxylic acids is 1. The summed E-state index contributed by atoms with van der Waals surface area (Å²) in [5, 5.41) is 10.9. The van der Waals surface area contributed by atoms with Gasteiger partial charge in [-0.2, -0.15) is 0 Å². The molecule has 2 atom stereocenters. The number of thioether (sulfide) groups is 1. The minimum atomic E-state index is -1.25. The minimum Gasteiger partial charge on any atom is -0.477 e. The molecule has 0 saturated carbocycles. The molecular formula is C9H8Cl2N2O4S. The number of alkyl halides is 2. The molecule has 9 heteroatoms. The molecular weight excluding hydrogens is 303 g/mol. The zero-order chi connectivity index (χ0) is 13.4. The van der Waals surface area contributed by atoms with Gasteiger partial charge in [-0.25, -0.2) is 4.79 Å². The van der Waals surface area contributed by atoms with Crippen molar-refractivity contribution in [2.45, 2.75) is 16.3 Å². The number of carboxylic acid groups (broad SMARTS) is 1. The van der Waals surface area contributed by atoms with Crippen molar-refractivity contribution in [2.75, 3.05) is 5.75 Å². The highest BCUT2D eigenvalue weighted by atomic mass is 35.5. The number of nitrogens with zero attached hydrogens (tertiary/aromatic N) is 1. The summed E-state index contributed by atoms with van der Waals surface area (Å²) < 4.78 is 0. The van der Waals surface area contributed by atoms with E-state index in [4.69, 9.17) is 28.3 Å². The van der Waals surface area contributed by atoms with Crippen LogP contribution in [0.15, 0.2) is 11.8 Å². The normalized spacial score (nSPS) is 26.3. The van der Waals surface area contributed by atoms with Gasteiger partial charge in [-0.15, -0.1) is 11.8 Å². The Morgan fingerprint density at radius 3 is 2.78 bits per heavy atom. The third kappa shape index (κ3) is 2.17. The lowest BCUT2D eigenvalue weighted by molar-refractivity contribution is -0.150. The SMILES string of the molecule is O=C(O)C1=CCS[C@H]2[C@H](NC(=O)C(Cl)Cl)C(=O)N12. The van der Waals surface area contributed by atoms with Crippen LogP contribution in [-0.2, 0) is 14.4 Å². The minimum absolute atomic E-state index is 0.0532. The zero-order valence-corrected chi connectivity index (χ0v) is 11.1. The Labute approximate surface area is 116 Å². The van der Waals surface area contributed by atoms with Crippen LogP contribution in [0.25, 0.3) is 0 Å². The number of carboxylic acids is 1. The van der Waals surface area contributed by atoms with Crippen molar-refractivity contribution in [3.8, 4) is 0 Å². The Bertz CT molecular complexity index is 454. The Morgan fingerprint density at radius 2 is 2.22 bits per heavy atom. The molecule has 0 bridgehead atoms. The van der Waals surface area contributed by atoms with Crippen LogP contribution in [0.1, 0.15) is 0 Å².